The van der Waals surface area contributed by atoms with Gasteiger partial charge in [-0.2, -0.15) is 0 Å². The van der Waals surface area contributed by atoms with Crippen molar-refractivity contribution >= 4 is 23.5 Å². The van der Waals surface area contributed by atoms with Crippen molar-refractivity contribution in [3.05, 3.63) is 35.0 Å². The molecule has 0 radical (unpaired) electrons. The molecule has 26 heavy (non-hydrogen) atoms. The third-order valence-electron chi connectivity index (χ3n) is 3.79. The summed E-state index contributed by atoms with van der Waals surface area (Å²) in [4.78, 5) is 37.8. The van der Waals surface area contributed by atoms with Crippen molar-refractivity contribution in [2.45, 2.75) is 0 Å². The molecule has 1 aromatic rings. The number of benzene rings is 1. The summed E-state index contributed by atoms with van der Waals surface area (Å²) in [5.41, 5.74) is 0.698. The van der Waals surface area contributed by atoms with Gasteiger partial charge < -0.3 is 29.2 Å². The number of nitrogens with zero attached hydrogens (tertiary/aromatic N) is 1. The van der Waals surface area contributed by atoms with E-state index < -0.39 is 11.9 Å². The van der Waals surface area contributed by atoms with Crippen LogP contribution >= 0.6 is 0 Å². The summed E-state index contributed by atoms with van der Waals surface area (Å²) >= 11 is 0. The van der Waals surface area contributed by atoms with Crippen LogP contribution in [-0.2, 0) is 23.8 Å². The largest absolute Gasteiger partial charge is 0.495 e. The van der Waals surface area contributed by atoms with Crippen LogP contribution in [0, 0.1) is 0 Å². The minimum atomic E-state index is -0.735. The molecule has 9 nitrogen and oxygen atoms in total. The number of hydrogen-bond acceptors (Lipinski definition) is 8. The number of methoxy groups -OCH3 is 3. The molecule has 0 bridgehead atoms. The van der Waals surface area contributed by atoms with E-state index in [1.807, 2.05) is 0 Å². The van der Waals surface area contributed by atoms with Gasteiger partial charge in [-0.3, -0.25) is 4.79 Å². The Labute approximate surface area is 150 Å². The number of nitrogens with one attached hydrogen (secondary N) is 1. The first-order valence-electron chi connectivity index (χ1n) is 7.63. The van der Waals surface area contributed by atoms with Crippen molar-refractivity contribution in [2.75, 3.05) is 46.6 Å². The second-order valence-electron chi connectivity index (χ2n) is 5.18. The molecule has 0 atom stereocenters. The number of amides is 1. The van der Waals surface area contributed by atoms with Gasteiger partial charge in [-0.05, 0) is 18.2 Å². The summed E-state index contributed by atoms with van der Waals surface area (Å²) in [6.45, 7) is -0.149. The van der Waals surface area contributed by atoms with Crippen molar-refractivity contribution in [1.82, 2.24) is 5.32 Å². The average Bonchev–Trinajstić information content (AvgIpc) is 2.70. The molecule has 1 aliphatic heterocycles. The molecule has 1 heterocycles. The molecule has 0 unspecified atom stereocenters. The highest BCUT2D eigenvalue weighted by Gasteiger charge is 2.33. The fourth-order valence-electron chi connectivity index (χ4n) is 2.52. The Morgan fingerprint density at radius 2 is 1.81 bits per heavy atom. The van der Waals surface area contributed by atoms with E-state index in [1.165, 1.54) is 39.3 Å². The van der Waals surface area contributed by atoms with Crippen LogP contribution in [0.5, 0.6) is 5.75 Å². The standard InChI is InChI=1S/C17H20N2O7/c1-18-15(20)10-5-6-13(23-2)12(7-10)19-9-26-8-11(16(21)24-3)14(19)17(22)25-4/h5-7H,8-9H2,1-4H3,(H,18,20). The van der Waals surface area contributed by atoms with E-state index in [4.69, 9.17) is 18.9 Å². The summed E-state index contributed by atoms with van der Waals surface area (Å²) in [5, 5.41) is 2.52. The second kappa shape index (κ2) is 8.34. The van der Waals surface area contributed by atoms with Crippen molar-refractivity contribution in [1.29, 1.82) is 0 Å². The molecule has 1 aliphatic rings. The average molecular weight is 364 g/mol. The first-order chi connectivity index (χ1) is 12.5. The SMILES string of the molecule is CNC(=O)c1ccc(OC)c(N2COCC(C(=O)OC)=C2C(=O)OC)c1. The van der Waals surface area contributed by atoms with Gasteiger partial charge in [0.1, 0.15) is 18.2 Å². The second-order valence-corrected chi connectivity index (χ2v) is 5.18. The molecule has 2 rings (SSSR count). The molecule has 0 fully saturated rings. The first-order valence-corrected chi connectivity index (χ1v) is 7.63. The maximum Gasteiger partial charge on any atom is 0.355 e. The van der Waals surface area contributed by atoms with Crippen LogP contribution in [0.25, 0.3) is 0 Å². The minimum absolute atomic E-state index is 0.0120. The van der Waals surface area contributed by atoms with Crippen molar-refractivity contribution in [2.24, 2.45) is 0 Å². The lowest BCUT2D eigenvalue weighted by Crippen LogP contribution is -2.39. The van der Waals surface area contributed by atoms with Gasteiger partial charge in [-0.15, -0.1) is 0 Å². The summed E-state index contributed by atoms with van der Waals surface area (Å²) in [6, 6.07) is 4.69. The Balaban J connectivity index is 2.65. The smallest absolute Gasteiger partial charge is 0.355 e. The van der Waals surface area contributed by atoms with Gasteiger partial charge in [0.25, 0.3) is 5.91 Å². The van der Waals surface area contributed by atoms with Crippen LogP contribution in [-0.4, -0.2) is 59.6 Å². The highest BCUT2D eigenvalue weighted by molar-refractivity contribution is 6.04. The van der Waals surface area contributed by atoms with Crippen LogP contribution in [0.2, 0.25) is 0 Å². The topological polar surface area (TPSA) is 103 Å². The third kappa shape index (κ3) is 3.62. The zero-order chi connectivity index (χ0) is 19.3. The maximum atomic E-state index is 12.4. The van der Waals surface area contributed by atoms with Crippen molar-refractivity contribution in [3.63, 3.8) is 0 Å². The van der Waals surface area contributed by atoms with Crippen LogP contribution in [0.4, 0.5) is 5.69 Å². The van der Waals surface area contributed by atoms with Gasteiger partial charge in [0.05, 0.1) is 39.2 Å². The van der Waals surface area contributed by atoms with Gasteiger partial charge in [-0.1, -0.05) is 0 Å². The number of ether oxygens (including phenoxy) is 4. The molecule has 1 N–H and O–H groups in total. The maximum absolute atomic E-state index is 12.4. The normalized spacial score (nSPS) is 13.9. The number of carbonyl (C=O) groups is 3. The summed E-state index contributed by atoms with van der Waals surface area (Å²) in [5.74, 6) is -1.38. The predicted octanol–water partition coefficient (Wildman–Crippen LogP) is 0.449. The molecule has 0 saturated heterocycles. The van der Waals surface area contributed by atoms with E-state index >= 15 is 0 Å². The summed E-state index contributed by atoms with van der Waals surface area (Å²) in [7, 11) is 5.36. The Bertz CT molecular complexity index is 757. The number of esters is 2. The monoisotopic (exact) mass is 364 g/mol. The first kappa shape index (κ1) is 19.3. The fourth-order valence-corrected chi connectivity index (χ4v) is 2.52. The molecule has 1 amide bonds. The molecule has 0 aliphatic carbocycles. The molecule has 0 aromatic heterocycles. The van der Waals surface area contributed by atoms with E-state index in [1.54, 1.807) is 12.1 Å². The lowest BCUT2D eigenvalue weighted by molar-refractivity contribution is -0.140. The van der Waals surface area contributed by atoms with Crippen molar-refractivity contribution < 1.29 is 33.3 Å². The van der Waals surface area contributed by atoms with Gasteiger partial charge >= 0.3 is 11.9 Å². The van der Waals surface area contributed by atoms with E-state index in [0.29, 0.717) is 17.0 Å². The number of hydrogen-bond donors (Lipinski definition) is 1. The number of rotatable bonds is 5. The predicted molar refractivity (Wildman–Crippen MR) is 90.7 cm³/mol. The molecule has 1 aromatic carbocycles. The zero-order valence-corrected chi connectivity index (χ0v) is 15.0. The molecule has 0 spiro atoms. The van der Waals surface area contributed by atoms with Gasteiger partial charge in [0.2, 0.25) is 0 Å². The lowest BCUT2D eigenvalue weighted by Gasteiger charge is -2.32. The fraction of sp³-hybridized carbons (Fsp3) is 0.353. The van der Waals surface area contributed by atoms with E-state index in [9.17, 15) is 14.4 Å². The van der Waals surface area contributed by atoms with Gasteiger partial charge in [0.15, 0.2) is 0 Å². The van der Waals surface area contributed by atoms with Crippen LogP contribution in [0.3, 0.4) is 0 Å². The summed E-state index contributed by atoms with van der Waals surface area (Å²) < 4.78 is 20.3. The Morgan fingerprint density at radius 1 is 1.12 bits per heavy atom. The van der Waals surface area contributed by atoms with E-state index in [2.05, 4.69) is 5.32 Å². The van der Waals surface area contributed by atoms with Crippen LogP contribution in [0.15, 0.2) is 29.5 Å². The highest BCUT2D eigenvalue weighted by Crippen LogP contribution is 2.35. The molecule has 0 saturated carbocycles. The van der Waals surface area contributed by atoms with E-state index in [0.717, 1.165) is 0 Å². The number of anilines is 1. The van der Waals surface area contributed by atoms with Gasteiger partial charge in [0, 0.05) is 12.6 Å². The Morgan fingerprint density at radius 3 is 2.38 bits per heavy atom. The van der Waals surface area contributed by atoms with Crippen molar-refractivity contribution in [3.8, 4) is 5.75 Å². The quantitative estimate of drug-likeness (QED) is 0.751. The zero-order valence-electron chi connectivity index (χ0n) is 15.0. The summed E-state index contributed by atoms with van der Waals surface area (Å²) in [6.07, 6.45) is 0. The lowest BCUT2D eigenvalue weighted by atomic mass is 10.1. The van der Waals surface area contributed by atoms with Gasteiger partial charge in [-0.25, -0.2) is 9.59 Å². The molecular weight excluding hydrogens is 344 g/mol. The molecular formula is C17H20N2O7. The van der Waals surface area contributed by atoms with Crippen LogP contribution in [0.1, 0.15) is 10.4 Å². The Kier molecular flexibility index (Phi) is 6.18. The molecule has 9 heteroatoms. The van der Waals surface area contributed by atoms with Crippen LogP contribution < -0.4 is 15.0 Å². The molecule has 140 valence electrons. The highest BCUT2D eigenvalue weighted by atomic mass is 16.5. The minimum Gasteiger partial charge on any atom is -0.495 e. The Hall–Kier alpha value is -3.07. The van der Waals surface area contributed by atoms with E-state index in [-0.39, 0.29) is 30.5 Å². The third-order valence-corrected chi connectivity index (χ3v) is 3.79. The number of carbonyl (C=O) groups excluding carboxylic acids is 3.